The van der Waals surface area contributed by atoms with Crippen LogP contribution in [0.5, 0.6) is 0 Å². The van der Waals surface area contributed by atoms with E-state index in [2.05, 4.69) is 19.2 Å². The van der Waals surface area contributed by atoms with E-state index in [4.69, 9.17) is 0 Å². The highest BCUT2D eigenvalue weighted by atomic mass is 14.9. The molecule has 2 rings (SSSR count). The lowest BCUT2D eigenvalue weighted by atomic mass is 9.73. The van der Waals surface area contributed by atoms with E-state index in [1.54, 1.807) is 0 Å². The Labute approximate surface area is 120 Å². The largest absolute Gasteiger partial charge is 0.314 e. The van der Waals surface area contributed by atoms with Gasteiger partial charge in [-0.3, -0.25) is 0 Å². The average molecular weight is 265 g/mol. The minimum atomic E-state index is 0.834. The molecule has 0 aromatic heterocycles. The van der Waals surface area contributed by atoms with Gasteiger partial charge in [0, 0.05) is 6.04 Å². The van der Waals surface area contributed by atoms with E-state index in [-0.39, 0.29) is 0 Å². The number of hydrogen-bond donors (Lipinski definition) is 1. The fourth-order valence-electron chi connectivity index (χ4n) is 4.58. The molecule has 1 unspecified atom stereocenters. The highest BCUT2D eigenvalue weighted by Gasteiger charge is 2.31. The molecule has 1 atom stereocenters. The van der Waals surface area contributed by atoms with E-state index < -0.39 is 0 Å². The van der Waals surface area contributed by atoms with Crippen LogP contribution in [-0.4, -0.2) is 12.6 Å². The van der Waals surface area contributed by atoms with Crippen molar-refractivity contribution in [2.45, 2.75) is 90.5 Å². The number of rotatable bonds is 5. The third-order valence-electron chi connectivity index (χ3n) is 5.82. The molecule has 2 fully saturated rings. The summed E-state index contributed by atoms with van der Waals surface area (Å²) in [6.07, 6.45) is 16.3. The van der Waals surface area contributed by atoms with Gasteiger partial charge in [-0.25, -0.2) is 0 Å². The van der Waals surface area contributed by atoms with Gasteiger partial charge in [0.05, 0.1) is 0 Å². The zero-order chi connectivity index (χ0) is 13.5. The summed E-state index contributed by atoms with van der Waals surface area (Å²) >= 11 is 0. The molecule has 0 saturated heterocycles. The molecule has 0 aliphatic heterocycles. The Bertz CT molecular complexity index is 222. The lowest BCUT2D eigenvalue weighted by Crippen LogP contribution is -2.43. The molecule has 1 nitrogen and oxygen atoms in total. The van der Waals surface area contributed by atoms with E-state index in [1.165, 1.54) is 70.6 Å². The minimum Gasteiger partial charge on any atom is -0.314 e. The molecule has 1 N–H and O–H groups in total. The Hall–Kier alpha value is -0.0400. The number of nitrogens with one attached hydrogen (secondary N) is 1. The molecule has 0 heterocycles. The van der Waals surface area contributed by atoms with Gasteiger partial charge in [-0.2, -0.15) is 0 Å². The molecule has 0 radical (unpaired) electrons. The van der Waals surface area contributed by atoms with Crippen molar-refractivity contribution in [1.82, 2.24) is 5.32 Å². The fraction of sp³-hybridized carbons (Fsp3) is 1.00. The summed E-state index contributed by atoms with van der Waals surface area (Å²) in [6.45, 7) is 5.83. The summed E-state index contributed by atoms with van der Waals surface area (Å²) in [5, 5.41) is 3.88. The molecule has 2 aliphatic carbocycles. The molecule has 2 aliphatic rings. The Balaban J connectivity index is 1.90. The topological polar surface area (TPSA) is 12.0 Å². The van der Waals surface area contributed by atoms with Crippen molar-refractivity contribution >= 4 is 0 Å². The molecule has 112 valence electrons. The second-order valence-corrected chi connectivity index (χ2v) is 7.02. The van der Waals surface area contributed by atoms with Crippen molar-refractivity contribution in [3.63, 3.8) is 0 Å². The Morgan fingerprint density at radius 2 is 1.37 bits per heavy atom. The second kappa shape index (κ2) is 8.29. The molecule has 0 amide bonds. The summed E-state index contributed by atoms with van der Waals surface area (Å²) in [4.78, 5) is 0. The van der Waals surface area contributed by atoms with Crippen LogP contribution < -0.4 is 5.32 Å². The van der Waals surface area contributed by atoms with Crippen molar-refractivity contribution in [3.05, 3.63) is 0 Å². The first kappa shape index (κ1) is 15.4. The minimum absolute atomic E-state index is 0.834. The molecule has 0 aromatic carbocycles. The quantitative estimate of drug-likeness (QED) is 0.678. The summed E-state index contributed by atoms with van der Waals surface area (Å²) in [6, 6.07) is 0.834. The van der Waals surface area contributed by atoms with Crippen molar-refractivity contribution in [1.29, 1.82) is 0 Å². The van der Waals surface area contributed by atoms with Crippen LogP contribution in [0.15, 0.2) is 0 Å². The van der Waals surface area contributed by atoms with E-state index in [0.717, 1.165) is 30.3 Å². The van der Waals surface area contributed by atoms with Crippen LogP contribution in [0, 0.1) is 17.8 Å². The zero-order valence-corrected chi connectivity index (χ0v) is 13.3. The van der Waals surface area contributed by atoms with E-state index in [9.17, 15) is 0 Å². The number of hydrogen-bond acceptors (Lipinski definition) is 1. The van der Waals surface area contributed by atoms with E-state index >= 15 is 0 Å². The van der Waals surface area contributed by atoms with Crippen LogP contribution in [0.25, 0.3) is 0 Å². The summed E-state index contributed by atoms with van der Waals surface area (Å²) < 4.78 is 0. The molecule has 0 bridgehead atoms. The predicted molar refractivity (Wildman–Crippen MR) is 84.4 cm³/mol. The van der Waals surface area contributed by atoms with Gasteiger partial charge >= 0.3 is 0 Å². The average Bonchev–Trinajstić information content (AvgIpc) is 2.74. The first-order valence-electron chi connectivity index (χ1n) is 9.08. The maximum atomic E-state index is 3.88. The molecule has 19 heavy (non-hydrogen) atoms. The molecule has 2 saturated carbocycles. The standard InChI is InChI=1S/C18H35N/c1-3-15-11-13-17(14-12-15)18(19-4-2)16-9-7-5-6-8-10-16/h15-19H,3-14H2,1-2H3. The van der Waals surface area contributed by atoms with Gasteiger partial charge in [-0.1, -0.05) is 58.8 Å². The van der Waals surface area contributed by atoms with Crippen molar-refractivity contribution in [3.8, 4) is 0 Å². The SMILES string of the molecule is CCNC(C1CCCCCC1)C1CCC(CC)CC1. The normalized spacial score (nSPS) is 31.9. The summed E-state index contributed by atoms with van der Waals surface area (Å²) in [5.41, 5.74) is 0. The highest BCUT2D eigenvalue weighted by Crippen LogP contribution is 2.37. The highest BCUT2D eigenvalue weighted by molar-refractivity contribution is 4.87. The first-order valence-corrected chi connectivity index (χ1v) is 9.08. The lowest BCUT2D eigenvalue weighted by Gasteiger charge is -2.38. The summed E-state index contributed by atoms with van der Waals surface area (Å²) in [5.74, 6) is 2.99. The van der Waals surface area contributed by atoms with Gasteiger partial charge in [0.2, 0.25) is 0 Å². The van der Waals surface area contributed by atoms with Gasteiger partial charge in [-0.15, -0.1) is 0 Å². The maximum absolute atomic E-state index is 3.88. The zero-order valence-electron chi connectivity index (χ0n) is 13.3. The van der Waals surface area contributed by atoms with Gasteiger partial charge in [0.1, 0.15) is 0 Å². The van der Waals surface area contributed by atoms with Crippen LogP contribution in [0.1, 0.15) is 84.5 Å². The van der Waals surface area contributed by atoms with Crippen LogP contribution in [0.4, 0.5) is 0 Å². The fourth-order valence-corrected chi connectivity index (χ4v) is 4.58. The van der Waals surface area contributed by atoms with Crippen LogP contribution in [-0.2, 0) is 0 Å². The van der Waals surface area contributed by atoms with Crippen LogP contribution in [0.3, 0.4) is 0 Å². The van der Waals surface area contributed by atoms with Gasteiger partial charge in [0.15, 0.2) is 0 Å². The van der Waals surface area contributed by atoms with Gasteiger partial charge < -0.3 is 5.32 Å². The van der Waals surface area contributed by atoms with Gasteiger partial charge in [0.25, 0.3) is 0 Å². The lowest BCUT2D eigenvalue weighted by molar-refractivity contribution is 0.167. The van der Waals surface area contributed by atoms with E-state index in [1.807, 2.05) is 0 Å². The predicted octanol–water partition coefficient (Wildman–Crippen LogP) is 5.15. The third kappa shape index (κ3) is 4.48. The Morgan fingerprint density at radius 1 is 0.789 bits per heavy atom. The third-order valence-corrected chi connectivity index (χ3v) is 5.82. The summed E-state index contributed by atoms with van der Waals surface area (Å²) in [7, 11) is 0. The molecule has 0 aromatic rings. The second-order valence-electron chi connectivity index (χ2n) is 7.02. The molecular weight excluding hydrogens is 230 g/mol. The van der Waals surface area contributed by atoms with Crippen LogP contribution in [0.2, 0.25) is 0 Å². The van der Waals surface area contributed by atoms with Crippen molar-refractivity contribution < 1.29 is 0 Å². The maximum Gasteiger partial charge on any atom is 0.0123 e. The van der Waals surface area contributed by atoms with Crippen molar-refractivity contribution in [2.75, 3.05) is 6.54 Å². The molecule has 0 spiro atoms. The van der Waals surface area contributed by atoms with E-state index in [0.29, 0.717) is 0 Å². The van der Waals surface area contributed by atoms with Crippen molar-refractivity contribution in [2.24, 2.45) is 17.8 Å². The Kier molecular flexibility index (Phi) is 6.70. The smallest absolute Gasteiger partial charge is 0.0123 e. The first-order chi connectivity index (χ1) is 9.35. The van der Waals surface area contributed by atoms with Gasteiger partial charge in [-0.05, 0) is 50.0 Å². The molecular formula is C18H35N. The monoisotopic (exact) mass is 265 g/mol. The Morgan fingerprint density at radius 3 is 1.89 bits per heavy atom. The molecule has 1 heteroatoms. The van der Waals surface area contributed by atoms with Crippen LogP contribution >= 0.6 is 0 Å².